The van der Waals surface area contributed by atoms with Crippen molar-refractivity contribution >= 4 is 31.7 Å². The molecule has 0 aliphatic heterocycles. The molecule has 86 valence electrons. The standard InChI is InChI=1S/C7H3ClFNO5S/c8-16(14,15)5-1-4(3-11)7(9)6(2-5)10(12)13/h1-3H. The fourth-order valence-corrected chi connectivity index (χ4v) is 1.75. The molecule has 0 bridgehead atoms. The Hall–Kier alpha value is -1.54. The van der Waals surface area contributed by atoms with Crippen LogP contribution in [0.25, 0.3) is 0 Å². The summed E-state index contributed by atoms with van der Waals surface area (Å²) in [5.74, 6) is -1.40. The topological polar surface area (TPSA) is 94.3 Å². The molecule has 16 heavy (non-hydrogen) atoms. The van der Waals surface area contributed by atoms with Crippen LogP contribution in [-0.2, 0) is 9.05 Å². The number of nitrogens with zero attached hydrogens (tertiary/aromatic N) is 1. The van der Waals surface area contributed by atoms with E-state index in [4.69, 9.17) is 10.7 Å². The highest BCUT2D eigenvalue weighted by molar-refractivity contribution is 8.13. The Morgan fingerprint density at radius 2 is 2.00 bits per heavy atom. The molecule has 9 heteroatoms. The maximum Gasteiger partial charge on any atom is 0.306 e. The third kappa shape index (κ3) is 2.34. The highest BCUT2D eigenvalue weighted by Crippen LogP contribution is 2.26. The molecule has 0 radical (unpaired) electrons. The average molecular weight is 268 g/mol. The van der Waals surface area contributed by atoms with Gasteiger partial charge in [0.25, 0.3) is 9.05 Å². The molecule has 0 aliphatic rings. The van der Waals surface area contributed by atoms with E-state index in [0.717, 1.165) is 0 Å². The van der Waals surface area contributed by atoms with Crippen molar-refractivity contribution in [1.82, 2.24) is 0 Å². The molecule has 0 saturated carbocycles. The molecular weight excluding hydrogens is 265 g/mol. The Labute approximate surface area is 93.2 Å². The van der Waals surface area contributed by atoms with Gasteiger partial charge in [0.2, 0.25) is 5.82 Å². The molecule has 0 fully saturated rings. The molecular formula is C7H3ClFNO5S. The molecule has 1 aromatic carbocycles. The van der Waals surface area contributed by atoms with E-state index in [1.165, 1.54) is 0 Å². The fourth-order valence-electron chi connectivity index (χ4n) is 0.964. The smallest absolute Gasteiger partial charge is 0.298 e. The van der Waals surface area contributed by atoms with E-state index in [1.54, 1.807) is 0 Å². The van der Waals surface area contributed by atoms with Gasteiger partial charge in [0.1, 0.15) is 0 Å². The lowest BCUT2D eigenvalue weighted by Crippen LogP contribution is -2.01. The van der Waals surface area contributed by atoms with Gasteiger partial charge < -0.3 is 0 Å². The Morgan fingerprint density at radius 3 is 2.38 bits per heavy atom. The van der Waals surface area contributed by atoms with E-state index in [-0.39, 0.29) is 6.29 Å². The number of carbonyl (C=O) groups is 1. The van der Waals surface area contributed by atoms with Crippen LogP contribution in [0.1, 0.15) is 10.4 Å². The van der Waals surface area contributed by atoms with E-state index >= 15 is 0 Å². The number of hydrogen-bond donors (Lipinski definition) is 0. The second-order valence-corrected chi connectivity index (χ2v) is 5.22. The molecule has 0 atom stereocenters. The molecule has 0 unspecified atom stereocenters. The summed E-state index contributed by atoms with van der Waals surface area (Å²) >= 11 is 0. The van der Waals surface area contributed by atoms with E-state index in [2.05, 4.69) is 0 Å². The van der Waals surface area contributed by atoms with Crippen LogP contribution < -0.4 is 0 Å². The van der Waals surface area contributed by atoms with Gasteiger partial charge in [-0.05, 0) is 6.07 Å². The first kappa shape index (κ1) is 12.5. The minimum absolute atomic E-state index is 0.0338. The number of carbonyl (C=O) groups excluding carboxylic acids is 1. The van der Waals surface area contributed by atoms with Crippen molar-refractivity contribution in [2.24, 2.45) is 0 Å². The van der Waals surface area contributed by atoms with Crippen molar-refractivity contribution in [3.8, 4) is 0 Å². The highest BCUT2D eigenvalue weighted by atomic mass is 35.7. The Morgan fingerprint density at radius 1 is 1.44 bits per heavy atom. The van der Waals surface area contributed by atoms with Crippen LogP contribution in [0.4, 0.5) is 10.1 Å². The minimum Gasteiger partial charge on any atom is -0.298 e. The monoisotopic (exact) mass is 267 g/mol. The van der Waals surface area contributed by atoms with Crippen molar-refractivity contribution in [2.45, 2.75) is 4.90 Å². The van der Waals surface area contributed by atoms with Crippen LogP contribution in [0.2, 0.25) is 0 Å². The first-order valence-electron chi connectivity index (χ1n) is 3.65. The predicted octanol–water partition coefficient (Wildman–Crippen LogP) is 1.47. The normalized spacial score (nSPS) is 11.1. The maximum absolute atomic E-state index is 13.2. The number of benzene rings is 1. The second kappa shape index (κ2) is 4.14. The summed E-state index contributed by atoms with van der Waals surface area (Å²) in [7, 11) is 0.662. The Kier molecular flexibility index (Phi) is 3.24. The molecule has 0 saturated heterocycles. The zero-order chi connectivity index (χ0) is 12.5. The lowest BCUT2D eigenvalue weighted by atomic mass is 10.2. The van der Waals surface area contributed by atoms with Crippen molar-refractivity contribution in [3.63, 3.8) is 0 Å². The van der Waals surface area contributed by atoms with Crippen LogP contribution in [0, 0.1) is 15.9 Å². The molecule has 0 amide bonds. The van der Waals surface area contributed by atoms with Crippen LogP contribution in [-0.4, -0.2) is 19.6 Å². The molecule has 0 N–H and O–H groups in total. The van der Waals surface area contributed by atoms with Crippen LogP contribution >= 0.6 is 10.7 Å². The summed E-state index contributed by atoms with van der Waals surface area (Å²) in [4.78, 5) is 18.9. The van der Waals surface area contributed by atoms with Gasteiger partial charge in [0.15, 0.2) is 6.29 Å². The summed E-state index contributed by atoms with van der Waals surface area (Å²) in [5.41, 5.74) is -1.86. The van der Waals surface area contributed by atoms with Crippen molar-refractivity contribution in [3.05, 3.63) is 33.6 Å². The van der Waals surface area contributed by atoms with Crippen LogP contribution in [0.15, 0.2) is 17.0 Å². The van der Waals surface area contributed by atoms with E-state index in [1.807, 2.05) is 0 Å². The number of nitro benzene ring substituents is 1. The van der Waals surface area contributed by atoms with Crippen molar-refractivity contribution < 1.29 is 22.5 Å². The van der Waals surface area contributed by atoms with Gasteiger partial charge in [-0.1, -0.05) is 0 Å². The summed E-state index contributed by atoms with van der Waals surface area (Å²) in [5, 5.41) is 10.4. The zero-order valence-electron chi connectivity index (χ0n) is 7.38. The van der Waals surface area contributed by atoms with E-state index < -0.39 is 35.9 Å². The number of hydrogen-bond acceptors (Lipinski definition) is 5. The second-order valence-electron chi connectivity index (χ2n) is 2.66. The largest absolute Gasteiger partial charge is 0.306 e. The number of nitro groups is 1. The average Bonchev–Trinajstić information content (AvgIpc) is 2.15. The fraction of sp³-hybridized carbons (Fsp3) is 0. The SMILES string of the molecule is O=Cc1cc(S(=O)(=O)Cl)cc([N+](=O)[O-])c1F. The zero-order valence-corrected chi connectivity index (χ0v) is 8.96. The van der Waals surface area contributed by atoms with Gasteiger partial charge in [0, 0.05) is 16.7 Å². The third-order valence-corrected chi connectivity index (χ3v) is 2.99. The number of halogens is 2. The lowest BCUT2D eigenvalue weighted by Gasteiger charge is -2.00. The first-order valence-corrected chi connectivity index (χ1v) is 5.96. The maximum atomic E-state index is 13.2. The molecule has 1 aromatic rings. The van der Waals surface area contributed by atoms with Gasteiger partial charge in [-0.2, -0.15) is 4.39 Å². The minimum atomic E-state index is -4.27. The van der Waals surface area contributed by atoms with E-state index in [0.29, 0.717) is 12.1 Å². The van der Waals surface area contributed by atoms with Crippen LogP contribution in [0.5, 0.6) is 0 Å². The summed E-state index contributed by atoms with van der Waals surface area (Å²) < 4.78 is 35.0. The Balaban J connectivity index is 3.66. The van der Waals surface area contributed by atoms with Gasteiger partial charge in [0.05, 0.1) is 15.4 Å². The van der Waals surface area contributed by atoms with Gasteiger partial charge in [-0.25, -0.2) is 8.42 Å². The summed E-state index contributed by atoms with van der Waals surface area (Å²) in [6, 6.07) is 1.07. The quantitative estimate of drug-likeness (QED) is 0.358. The van der Waals surface area contributed by atoms with Crippen molar-refractivity contribution in [1.29, 1.82) is 0 Å². The molecule has 0 aliphatic carbocycles. The third-order valence-electron chi connectivity index (χ3n) is 1.66. The molecule has 0 heterocycles. The van der Waals surface area contributed by atoms with Gasteiger partial charge in [-0.15, -0.1) is 0 Å². The number of aldehydes is 1. The molecule has 0 aromatic heterocycles. The van der Waals surface area contributed by atoms with Gasteiger partial charge >= 0.3 is 5.69 Å². The van der Waals surface area contributed by atoms with Gasteiger partial charge in [-0.3, -0.25) is 14.9 Å². The number of rotatable bonds is 3. The predicted molar refractivity (Wildman–Crippen MR) is 51.5 cm³/mol. The highest BCUT2D eigenvalue weighted by Gasteiger charge is 2.23. The van der Waals surface area contributed by atoms with Crippen molar-refractivity contribution in [2.75, 3.05) is 0 Å². The summed E-state index contributed by atoms with van der Waals surface area (Å²) in [6.45, 7) is 0. The molecule has 0 spiro atoms. The van der Waals surface area contributed by atoms with Crippen LogP contribution in [0.3, 0.4) is 0 Å². The Bertz CT molecular complexity index is 570. The molecule has 1 rings (SSSR count). The lowest BCUT2D eigenvalue weighted by molar-refractivity contribution is -0.387. The summed E-state index contributed by atoms with van der Waals surface area (Å²) in [6.07, 6.45) is -0.0338. The molecule has 6 nitrogen and oxygen atoms in total. The first-order chi connectivity index (χ1) is 7.27. The van der Waals surface area contributed by atoms with E-state index in [9.17, 15) is 27.7 Å².